The summed E-state index contributed by atoms with van der Waals surface area (Å²) in [4.78, 5) is 14.0. The van der Waals surface area contributed by atoms with E-state index in [1.165, 1.54) is 6.42 Å². The lowest BCUT2D eigenvalue weighted by molar-refractivity contribution is 0.0757. The Morgan fingerprint density at radius 2 is 2.25 bits per heavy atom. The molecule has 0 aliphatic carbocycles. The number of nitrogens with zero attached hydrogens (tertiary/aromatic N) is 1. The van der Waals surface area contributed by atoms with Crippen molar-refractivity contribution in [1.29, 1.82) is 0 Å². The lowest BCUT2D eigenvalue weighted by Crippen LogP contribution is -2.50. The smallest absolute Gasteiger partial charge is 0.319 e. The molecule has 2 amide bonds. The van der Waals surface area contributed by atoms with Gasteiger partial charge in [-0.25, -0.2) is 4.79 Å². The molecule has 2 heterocycles. The van der Waals surface area contributed by atoms with Crippen molar-refractivity contribution in [1.82, 2.24) is 10.2 Å². The topological polar surface area (TPSA) is 41.6 Å². The molecule has 1 N–H and O–H groups in total. The number of hydrogen-bond donors (Lipinski definition) is 1. The summed E-state index contributed by atoms with van der Waals surface area (Å²) in [5, 5.41) is 2.98. The van der Waals surface area contributed by atoms with Crippen LogP contribution in [-0.2, 0) is 4.74 Å². The van der Waals surface area contributed by atoms with Gasteiger partial charge in [-0.2, -0.15) is 0 Å². The van der Waals surface area contributed by atoms with Gasteiger partial charge < -0.3 is 15.0 Å². The number of likely N-dealkylation sites (tertiary alicyclic amines) is 1. The van der Waals surface area contributed by atoms with Gasteiger partial charge in [0.2, 0.25) is 0 Å². The second kappa shape index (κ2) is 5.53. The molecular formula is C12H22N2O2. The third kappa shape index (κ3) is 2.67. The SMILES string of the molecule is CCC1CCCCN1C(=O)NC1CCCO1. The molecule has 2 atom stereocenters. The fourth-order valence-corrected chi connectivity index (χ4v) is 2.60. The normalized spacial score (nSPS) is 30.4. The van der Waals surface area contributed by atoms with E-state index in [4.69, 9.17) is 4.74 Å². The van der Waals surface area contributed by atoms with Crippen LogP contribution in [0.3, 0.4) is 0 Å². The minimum Gasteiger partial charge on any atom is -0.358 e. The lowest BCUT2D eigenvalue weighted by atomic mass is 10.0. The van der Waals surface area contributed by atoms with Gasteiger partial charge in [0.25, 0.3) is 0 Å². The first-order valence-electron chi connectivity index (χ1n) is 6.50. The summed E-state index contributed by atoms with van der Waals surface area (Å²) in [7, 11) is 0. The van der Waals surface area contributed by atoms with E-state index < -0.39 is 0 Å². The van der Waals surface area contributed by atoms with Crippen LogP contribution in [0.4, 0.5) is 4.79 Å². The maximum absolute atomic E-state index is 12.1. The molecule has 0 bridgehead atoms. The molecular weight excluding hydrogens is 204 g/mol. The van der Waals surface area contributed by atoms with E-state index in [9.17, 15) is 4.79 Å². The predicted molar refractivity (Wildman–Crippen MR) is 62.1 cm³/mol. The number of urea groups is 1. The fourth-order valence-electron chi connectivity index (χ4n) is 2.60. The zero-order chi connectivity index (χ0) is 11.4. The largest absolute Gasteiger partial charge is 0.358 e. The summed E-state index contributed by atoms with van der Waals surface area (Å²) < 4.78 is 5.42. The Kier molecular flexibility index (Phi) is 4.04. The lowest BCUT2D eigenvalue weighted by Gasteiger charge is -2.35. The summed E-state index contributed by atoms with van der Waals surface area (Å²) in [5.74, 6) is 0. The molecule has 2 saturated heterocycles. The number of nitrogens with one attached hydrogen (secondary N) is 1. The van der Waals surface area contributed by atoms with Gasteiger partial charge in [0.15, 0.2) is 0 Å². The van der Waals surface area contributed by atoms with E-state index in [0.717, 1.165) is 45.3 Å². The van der Waals surface area contributed by atoms with Gasteiger partial charge in [0.05, 0.1) is 0 Å². The van der Waals surface area contributed by atoms with Crippen molar-refractivity contribution in [3.63, 3.8) is 0 Å². The van der Waals surface area contributed by atoms with Crippen LogP contribution in [0.5, 0.6) is 0 Å². The van der Waals surface area contributed by atoms with Gasteiger partial charge in [-0.15, -0.1) is 0 Å². The summed E-state index contributed by atoms with van der Waals surface area (Å²) in [6.07, 6.45) is 6.55. The Bertz CT molecular complexity index is 239. The van der Waals surface area contributed by atoms with Gasteiger partial charge in [-0.1, -0.05) is 6.92 Å². The van der Waals surface area contributed by atoms with E-state index in [1.807, 2.05) is 4.90 Å². The summed E-state index contributed by atoms with van der Waals surface area (Å²) in [5.41, 5.74) is 0. The molecule has 4 nitrogen and oxygen atoms in total. The zero-order valence-electron chi connectivity index (χ0n) is 10.1. The first-order valence-corrected chi connectivity index (χ1v) is 6.50. The van der Waals surface area contributed by atoms with Crippen LogP contribution >= 0.6 is 0 Å². The van der Waals surface area contributed by atoms with Crippen LogP contribution in [0.1, 0.15) is 45.4 Å². The molecule has 4 heteroatoms. The fraction of sp³-hybridized carbons (Fsp3) is 0.917. The first-order chi connectivity index (χ1) is 7.81. The van der Waals surface area contributed by atoms with Crippen molar-refractivity contribution in [3.05, 3.63) is 0 Å². The third-order valence-electron chi connectivity index (χ3n) is 3.57. The molecule has 2 fully saturated rings. The molecule has 0 saturated carbocycles. The highest BCUT2D eigenvalue weighted by Crippen LogP contribution is 2.20. The van der Waals surface area contributed by atoms with Crippen molar-refractivity contribution in [3.8, 4) is 0 Å². The van der Waals surface area contributed by atoms with E-state index in [1.54, 1.807) is 0 Å². The van der Waals surface area contributed by atoms with Crippen molar-refractivity contribution in [2.24, 2.45) is 0 Å². The van der Waals surface area contributed by atoms with Crippen LogP contribution in [-0.4, -0.2) is 36.4 Å². The van der Waals surface area contributed by atoms with Gasteiger partial charge in [0.1, 0.15) is 6.23 Å². The number of hydrogen-bond acceptors (Lipinski definition) is 2. The first kappa shape index (κ1) is 11.7. The van der Waals surface area contributed by atoms with Gasteiger partial charge in [-0.3, -0.25) is 0 Å². The zero-order valence-corrected chi connectivity index (χ0v) is 10.1. The molecule has 92 valence electrons. The number of amides is 2. The Morgan fingerprint density at radius 3 is 2.94 bits per heavy atom. The van der Waals surface area contributed by atoms with E-state index in [-0.39, 0.29) is 12.3 Å². The van der Waals surface area contributed by atoms with Crippen LogP contribution < -0.4 is 5.32 Å². The van der Waals surface area contributed by atoms with E-state index in [2.05, 4.69) is 12.2 Å². The molecule has 0 aromatic rings. The summed E-state index contributed by atoms with van der Waals surface area (Å²) in [6, 6.07) is 0.494. The molecule has 16 heavy (non-hydrogen) atoms. The van der Waals surface area contributed by atoms with Crippen molar-refractivity contribution >= 4 is 6.03 Å². The molecule has 2 aliphatic heterocycles. The minimum atomic E-state index is -0.0491. The van der Waals surface area contributed by atoms with Crippen LogP contribution in [0.25, 0.3) is 0 Å². The molecule has 0 aromatic heterocycles. The molecule has 2 aliphatic rings. The van der Waals surface area contributed by atoms with Gasteiger partial charge in [-0.05, 0) is 38.5 Å². The minimum absolute atomic E-state index is 0.0491. The van der Waals surface area contributed by atoms with Crippen LogP contribution in [0, 0.1) is 0 Å². The van der Waals surface area contributed by atoms with E-state index in [0.29, 0.717) is 6.04 Å². The standard InChI is InChI=1S/C12H22N2O2/c1-2-10-6-3-4-8-14(10)12(15)13-11-7-5-9-16-11/h10-11H,2-9H2,1H3,(H,13,15). The van der Waals surface area contributed by atoms with Gasteiger partial charge >= 0.3 is 6.03 Å². The molecule has 0 aromatic carbocycles. The van der Waals surface area contributed by atoms with Crippen LogP contribution in [0.15, 0.2) is 0 Å². The molecule has 2 rings (SSSR count). The Balaban J connectivity index is 1.86. The second-order valence-electron chi connectivity index (χ2n) is 4.70. The number of ether oxygens (including phenoxy) is 1. The second-order valence-corrected chi connectivity index (χ2v) is 4.70. The Morgan fingerprint density at radius 1 is 1.38 bits per heavy atom. The number of carbonyl (C=O) groups is 1. The number of piperidine rings is 1. The highest BCUT2D eigenvalue weighted by molar-refractivity contribution is 5.74. The third-order valence-corrected chi connectivity index (χ3v) is 3.57. The van der Waals surface area contributed by atoms with Crippen molar-refractivity contribution in [2.45, 2.75) is 57.7 Å². The predicted octanol–water partition coefficient (Wildman–Crippen LogP) is 2.10. The number of rotatable bonds is 2. The highest BCUT2D eigenvalue weighted by atomic mass is 16.5. The average Bonchev–Trinajstić information content (AvgIpc) is 2.81. The van der Waals surface area contributed by atoms with Gasteiger partial charge in [0, 0.05) is 19.2 Å². The average molecular weight is 226 g/mol. The molecule has 0 spiro atoms. The summed E-state index contributed by atoms with van der Waals surface area (Å²) in [6.45, 7) is 3.83. The van der Waals surface area contributed by atoms with E-state index >= 15 is 0 Å². The molecule has 2 unspecified atom stereocenters. The summed E-state index contributed by atoms with van der Waals surface area (Å²) >= 11 is 0. The highest BCUT2D eigenvalue weighted by Gasteiger charge is 2.27. The maximum Gasteiger partial charge on any atom is 0.319 e. The number of carbonyl (C=O) groups excluding carboxylic acids is 1. The monoisotopic (exact) mass is 226 g/mol. The van der Waals surface area contributed by atoms with Crippen LogP contribution in [0.2, 0.25) is 0 Å². The Labute approximate surface area is 97.3 Å². The van der Waals surface area contributed by atoms with Crippen molar-refractivity contribution in [2.75, 3.05) is 13.2 Å². The quantitative estimate of drug-likeness (QED) is 0.783. The maximum atomic E-state index is 12.1. The Hall–Kier alpha value is -0.770. The van der Waals surface area contributed by atoms with Crippen molar-refractivity contribution < 1.29 is 9.53 Å². The molecule has 0 radical (unpaired) electrons.